The van der Waals surface area contributed by atoms with E-state index in [2.05, 4.69) is 57.0 Å². The summed E-state index contributed by atoms with van der Waals surface area (Å²) in [4.78, 5) is 19.0. The highest BCUT2D eigenvalue weighted by atomic mass is 32.1. The number of aryl methyl sites for hydroxylation is 1. The number of ether oxygens (including phenoxy) is 1. The van der Waals surface area contributed by atoms with Crippen LogP contribution in [-0.4, -0.2) is 27.7 Å². The van der Waals surface area contributed by atoms with Crippen molar-refractivity contribution in [3.05, 3.63) is 114 Å². The standard InChI is InChI=1S/C28H26N4O2S/c1-3-19-12-14-21(15-13-19)32-26(25(30-28(32)35)23-10-4-5-16-29-23)24-11-7-17-31(24)22-9-6-8-20(18-22)27(33)34-2/h4-18,25-26H,3H2,1-2H3,(H,30,35)/t25-,26-/m0/s1. The van der Waals surface area contributed by atoms with E-state index in [1.807, 2.05) is 48.7 Å². The van der Waals surface area contributed by atoms with Gasteiger partial charge in [-0.3, -0.25) is 4.98 Å². The normalized spacial score (nSPS) is 17.3. The molecule has 0 saturated carbocycles. The van der Waals surface area contributed by atoms with Gasteiger partial charge in [-0.15, -0.1) is 0 Å². The first-order valence-corrected chi connectivity index (χ1v) is 12.0. The Morgan fingerprint density at radius 2 is 1.86 bits per heavy atom. The first-order valence-electron chi connectivity index (χ1n) is 11.6. The van der Waals surface area contributed by atoms with Gasteiger partial charge in [-0.05, 0) is 78.8 Å². The first kappa shape index (κ1) is 22.8. The molecule has 1 N–H and O–H groups in total. The van der Waals surface area contributed by atoms with Gasteiger partial charge in [-0.1, -0.05) is 31.2 Å². The summed E-state index contributed by atoms with van der Waals surface area (Å²) in [6, 6.07) is 25.6. The van der Waals surface area contributed by atoms with Crippen LogP contribution in [0.15, 0.2) is 91.3 Å². The summed E-state index contributed by atoms with van der Waals surface area (Å²) < 4.78 is 7.02. The molecule has 0 aliphatic carbocycles. The summed E-state index contributed by atoms with van der Waals surface area (Å²) in [5, 5.41) is 4.15. The number of anilines is 1. The van der Waals surface area contributed by atoms with Crippen LogP contribution < -0.4 is 10.2 Å². The summed E-state index contributed by atoms with van der Waals surface area (Å²) in [5.74, 6) is -0.367. The van der Waals surface area contributed by atoms with Gasteiger partial charge < -0.3 is 19.5 Å². The van der Waals surface area contributed by atoms with Crippen LogP contribution in [0.1, 0.15) is 46.3 Å². The van der Waals surface area contributed by atoms with Crippen molar-refractivity contribution in [1.82, 2.24) is 14.9 Å². The molecule has 0 amide bonds. The Morgan fingerprint density at radius 3 is 2.57 bits per heavy atom. The second-order valence-corrected chi connectivity index (χ2v) is 8.75. The van der Waals surface area contributed by atoms with Crippen molar-refractivity contribution in [3.63, 3.8) is 0 Å². The molecule has 2 aromatic carbocycles. The molecule has 35 heavy (non-hydrogen) atoms. The Bertz CT molecular complexity index is 1350. The van der Waals surface area contributed by atoms with Crippen LogP contribution in [0.2, 0.25) is 0 Å². The van der Waals surface area contributed by atoms with Gasteiger partial charge in [0.2, 0.25) is 0 Å². The highest BCUT2D eigenvalue weighted by molar-refractivity contribution is 7.80. The Balaban J connectivity index is 1.64. The number of aromatic nitrogens is 2. The highest BCUT2D eigenvalue weighted by Gasteiger charge is 2.42. The molecular formula is C28H26N4O2S. The minimum atomic E-state index is -0.367. The molecule has 0 bridgehead atoms. The quantitative estimate of drug-likeness (QED) is 0.293. The summed E-state index contributed by atoms with van der Waals surface area (Å²) in [6.07, 6.45) is 4.78. The molecule has 0 spiro atoms. The Hall–Kier alpha value is -3.97. The molecule has 0 unspecified atom stereocenters. The van der Waals surface area contributed by atoms with Gasteiger partial charge in [-0.2, -0.15) is 0 Å². The van der Waals surface area contributed by atoms with E-state index in [0.29, 0.717) is 10.7 Å². The predicted octanol–water partition coefficient (Wildman–Crippen LogP) is 5.40. The number of carbonyl (C=O) groups is 1. The van der Waals surface area contributed by atoms with Crippen molar-refractivity contribution < 1.29 is 9.53 Å². The van der Waals surface area contributed by atoms with Crippen molar-refractivity contribution in [1.29, 1.82) is 0 Å². The number of hydrogen-bond acceptors (Lipinski definition) is 4. The topological polar surface area (TPSA) is 59.4 Å². The lowest BCUT2D eigenvalue weighted by Gasteiger charge is -2.29. The lowest BCUT2D eigenvalue weighted by atomic mass is 10.0. The number of benzene rings is 2. The van der Waals surface area contributed by atoms with Gasteiger partial charge in [0.25, 0.3) is 0 Å². The average Bonchev–Trinajstić information content (AvgIpc) is 3.53. The van der Waals surface area contributed by atoms with Crippen LogP contribution in [0.3, 0.4) is 0 Å². The summed E-state index contributed by atoms with van der Waals surface area (Å²) in [5.41, 5.74) is 5.58. The molecular weight excluding hydrogens is 456 g/mol. The molecule has 1 aliphatic heterocycles. The number of carbonyl (C=O) groups excluding carboxylic acids is 1. The van der Waals surface area contributed by atoms with Crippen LogP contribution in [0.25, 0.3) is 5.69 Å². The van der Waals surface area contributed by atoms with E-state index in [-0.39, 0.29) is 18.1 Å². The number of thiocarbonyl (C=S) groups is 1. The number of nitrogens with zero attached hydrogens (tertiary/aromatic N) is 3. The smallest absolute Gasteiger partial charge is 0.337 e. The Kier molecular flexibility index (Phi) is 6.33. The molecule has 4 aromatic rings. The predicted molar refractivity (Wildman–Crippen MR) is 141 cm³/mol. The second-order valence-electron chi connectivity index (χ2n) is 8.36. The van der Waals surface area contributed by atoms with Crippen molar-refractivity contribution in [3.8, 4) is 5.69 Å². The summed E-state index contributed by atoms with van der Waals surface area (Å²) in [7, 11) is 1.39. The molecule has 1 aliphatic rings. The number of methoxy groups -OCH3 is 1. The van der Waals surface area contributed by atoms with Gasteiger partial charge in [0, 0.05) is 29.5 Å². The van der Waals surface area contributed by atoms with Crippen LogP contribution in [0.4, 0.5) is 5.69 Å². The maximum Gasteiger partial charge on any atom is 0.337 e. The molecule has 2 aromatic heterocycles. The molecule has 6 nitrogen and oxygen atoms in total. The van der Waals surface area contributed by atoms with Gasteiger partial charge in [0.05, 0.1) is 24.4 Å². The number of rotatable bonds is 6. The van der Waals surface area contributed by atoms with Gasteiger partial charge in [-0.25, -0.2) is 4.79 Å². The molecule has 0 radical (unpaired) electrons. The summed E-state index contributed by atoms with van der Waals surface area (Å²) >= 11 is 5.86. The van der Waals surface area contributed by atoms with E-state index in [1.165, 1.54) is 12.7 Å². The Labute approximate surface area is 210 Å². The van der Waals surface area contributed by atoms with Crippen molar-refractivity contribution in [2.75, 3.05) is 12.0 Å². The zero-order chi connectivity index (χ0) is 24.4. The van der Waals surface area contributed by atoms with E-state index in [0.717, 1.165) is 29.2 Å². The van der Waals surface area contributed by atoms with Crippen LogP contribution >= 0.6 is 12.2 Å². The van der Waals surface area contributed by atoms with E-state index in [9.17, 15) is 4.79 Å². The SMILES string of the molecule is CCc1ccc(N2C(=S)N[C@@H](c3ccccn3)[C@@H]2c2cccn2-c2cccc(C(=O)OC)c2)cc1. The lowest BCUT2D eigenvalue weighted by Crippen LogP contribution is -2.30. The van der Waals surface area contributed by atoms with Crippen molar-refractivity contribution in [2.24, 2.45) is 0 Å². The fourth-order valence-corrected chi connectivity index (χ4v) is 4.94. The minimum absolute atomic E-state index is 0.160. The van der Waals surface area contributed by atoms with Gasteiger partial charge >= 0.3 is 5.97 Å². The third-order valence-electron chi connectivity index (χ3n) is 6.35. The minimum Gasteiger partial charge on any atom is -0.465 e. The van der Waals surface area contributed by atoms with Crippen LogP contribution in [0, 0.1) is 0 Å². The third-order valence-corrected chi connectivity index (χ3v) is 6.66. The largest absolute Gasteiger partial charge is 0.465 e. The van der Waals surface area contributed by atoms with Crippen molar-refractivity contribution in [2.45, 2.75) is 25.4 Å². The maximum absolute atomic E-state index is 12.2. The van der Waals surface area contributed by atoms with E-state index in [1.54, 1.807) is 12.3 Å². The number of pyridine rings is 1. The molecule has 1 fully saturated rings. The van der Waals surface area contributed by atoms with Gasteiger partial charge in [0.15, 0.2) is 5.11 Å². The van der Waals surface area contributed by atoms with E-state index < -0.39 is 0 Å². The van der Waals surface area contributed by atoms with E-state index in [4.69, 9.17) is 17.0 Å². The number of esters is 1. The number of nitrogens with one attached hydrogen (secondary N) is 1. The molecule has 2 atom stereocenters. The van der Waals surface area contributed by atoms with E-state index >= 15 is 0 Å². The third kappa shape index (κ3) is 4.31. The zero-order valence-corrected chi connectivity index (χ0v) is 20.4. The molecule has 3 heterocycles. The lowest BCUT2D eigenvalue weighted by molar-refractivity contribution is 0.0600. The molecule has 5 rings (SSSR count). The average molecular weight is 483 g/mol. The highest BCUT2D eigenvalue weighted by Crippen LogP contribution is 2.42. The van der Waals surface area contributed by atoms with Crippen LogP contribution in [-0.2, 0) is 11.2 Å². The number of hydrogen-bond donors (Lipinski definition) is 1. The zero-order valence-electron chi connectivity index (χ0n) is 19.6. The summed E-state index contributed by atoms with van der Waals surface area (Å²) in [6.45, 7) is 2.15. The monoisotopic (exact) mass is 482 g/mol. The fraction of sp³-hybridized carbons (Fsp3) is 0.179. The second kappa shape index (κ2) is 9.72. The van der Waals surface area contributed by atoms with Crippen molar-refractivity contribution >= 4 is 29.0 Å². The molecule has 176 valence electrons. The fourth-order valence-electron chi connectivity index (χ4n) is 4.60. The maximum atomic E-state index is 12.2. The van der Waals surface area contributed by atoms with Gasteiger partial charge in [0.1, 0.15) is 6.04 Å². The van der Waals surface area contributed by atoms with Crippen LogP contribution in [0.5, 0.6) is 0 Å². The molecule has 1 saturated heterocycles. The molecule has 7 heteroatoms. The first-order chi connectivity index (χ1) is 17.1. The Morgan fingerprint density at radius 1 is 1.03 bits per heavy atom.